The second-order valence-corrected chi connectivity index (χ2v) is 4.32. The van der Waals surface area contributed by atoms with Gasteiger partial charge in [-0.05, 0) is 22.3 Å². The van der Waals surface area contributed by atoms with Crippen LogP contribution in [0.2, 0.25) is 0 Å². The average molecular weight is 281 g/mol. The summed E-state index contributed by atoms with van der Waals surface area (Å²) in [4.78, 5) is 10.4. The molecule has 0 atom stereocenters. The Hall–Kier alpha value is -0.0600. The maximum absolute atomic E-state index is 10.4. The zero-order valence-corrected chi connectivity index (χ0v) is 9.80. The highest BCUT2D eigenvalue weighted by Gasteiger charge is 2.12. The molecule has 0 aromatic rings. The zero-order chi connectivity index (χ0) is 9.61. The van der Waals surface area contributed by atoms with E-state index in [9.17, 15) is 4.79 Å². The number of nitrogens with two attached hydrogens (primary N) is 1. The quantitative estimate of drug-likeness (QED) is 0.773. The Bertz CT molecular complexity index is 175. The summed E-state index contributed by atoms with van der Waals surface area (Å²) in [7, 11) is 0. The third-order valence-electron chi connectivity index (χ3n) is 1.76. The molecule has 0 bridgehead atoms. The first kappa shape index (κ1) is 11.9. The summed E-state index contributed by atoms with van der Waals surface area (Å²) in [6.07, 6.45) is 4.53. The molecule has 0 saturated heterocycles. The van der Waals surface area contributed by atoms with E-state index in [0.29, 0.717) is 6.42 Å². The minimum absolute atomic E-state index is 0.191. The largest absolute Gasteiger partial charge is 0.370 e. The van der Waals surface area contributed by atoms with E-state index < -0.39 is 0 Å². The Kier molecular flexibility index (Phi) is 5.53. The summed E-state index contributed by atoms with van der Waals surface area (Å²) in [6, 6.07) is 0. The molecule has 3 heteroatoms. The van der Waals surface area contributed by atoms with E-state index in [1.54, 1.807) is 0 Å². The van der Waals surface area contributed by atoms with Gasteiger partial charge >= 0.3 is 0 Å². The standard InChI is InChI=1S/C9H16INO/c1-9(2,6-7-10)5-3-4-8(11)12/h6-7H,3-5H2,1-2H3,(H2,11,12)/b7-6+. The van der Waals surface area contributed by atoms with Gasteiger partial charge in [-0.25, -0.2) is 0 Å². The SMILES string of the molecule is CC(C)(/C=C/I)CCCC(N)=O. The van der Waals surface area contributed by atoms with Crippen LogP contribution >= 0.6 is 22.6 Å². The van der Waals surface area contributed by atoms with Crippen molar-refractivity contribution in [2.75, 3.05) is 0 Å². The van der Waals surface area contributed by atoms with Crippen LogP contribution in [0.15, 0.2) is 10.2 Å². The van der Waals surface area contributed by atoms with Crippen LogP contribution < -0.4 is 5.73 Å². The van der Waals surface area contributed by atoms with Crippen LogP contribution in [0, 0.1) is 5.41 Å². The lowest BCUT2D eigenvalue weighted by molar-refractivity contribution is -0.118. The molecule has 70 valence electrons. The first-order chi connectivity index (χ1) is 5.48. The number of carbonyl (C=O) groups excluding carboxylic acids is 1. The molecule has 0 aliphatic heterocycles. The minimum atomic E-state index is -0.204. The Balaban J connectivity index is 3.68. The lowest BCUT2D eigenvalue weighted by Gasteiger charge is -2.18. The van der Waals surface area contributed by atoms with Gasteiger partial charge in [0.15, 0.2) is 0 Å². The van der Waals surface area contributed by atoms with E-state index in [0.717, 1.165) is 12.8 Å². The number of amides is 1. The van der Waals surface area contributed by atoms with Crippen molar-refractivity contribution in [1.82, 2.24) is 0 Å². The van der Waals surface area contributed by atoms with Gasteiger partial charge in [0, 0.05) is 6.42 Å². The van der Waals surface area contributed by atoms with Crippen LogP contribution in [0.25, 0.3) is 0 Å². The number of carbonyl (C=O) groups is 1. The van der Waals surface area contributed by atoms with Crippen LogP contribution in [0.4, 0.5) is 0 Å². The third kappa shape index (κ3) is 6.64. The van der Waals surface area contributed by atoms with Gasteiger partial charge in [-0.2, -0.15) is 0 Å². The summed E-state index contributed by atoms with van der Waals surface area (Å²) in [5.41, 5.74) is 5.23. The predicted octanol–water partition coefficient (Wildman–Crippen LogP) is 2.62. The van der Waals surface area contributed by atoms with Crippen molar-refractivity contribution in [3.63, 3.8) is 0 Å². The molecule has 2 nitrogen and oxygen atoms in total. The number of primary amides is 1. The third-order valence-corrected chi connectivity index (χ3v) is 2.12. The molecule has 0 saturated carbocycles. The Morgan fingerprint density at radius 2 is 2.17 bits per heavy atom. The molecule has 0 spiro atoms. The molecular formula is C9H16INO. The van der Waals surface area contributed by atoms with Crippen molar-refractivity contribution in [3.8, 4) is 0 Å². The Morgan fingerprint density at radius 1 is 1.58 bits per heavy atom. The van der Waals surface area contributed by atoms with Gasteiger partial charge in [-0.1, -0.05) is 42.5 Å². The summed E-state index contributed by atoms with van der Waals surface area (Å²) in [6.45, 7) is 4.31. The van der Waals surface area contributed by atoms with Crippen LogP contribution in [0.5, 0.6) is 0 Å². The van der Waals surface area contributed by atoms with E-state index in [1.165, 1.54) is 0 Å². The molecule has 12 heavy (non-hydrogen) atoms. The van der Waals surface area contributed by atoms with Gasteiger partial charge < -0.3 is 5.73 Å². The predicted molar refractivity (Wildman–Crippen MR) is 60.0 cm³/mol. The van der Waals surface area contributed by atoms with Crippen molar-refractivity contribution >= 4 is 28.5 Å². The maximum Gasteiger partial charge on any atom is 0.217 e. The molecule has 0 fully saturated rings. The Morgan fingerprint density at radius 3 is 2.58 bits per heavy atom. The summed E-state index contributed by atoms with van der Waals surface area (Å²) in [5, 5.41) is 0. The Labute approximate surface area is 87.7 Å². The average Bonchev–Trinajstić information content (AvgIpc) is 1.85. The summed E-state index contributed by atoms with van der Waals surface area (Å²) >= 11 is 2.21. The smallest absolute Gasteiger partial charge is 0.217 e. The van der Waals surface area contributed by atoms with Crippen LogP contribution in [0.1, 0.15) is 33.1 Å². The van der Waals surface area contributed by atoms with Crippen molar-refractivity contribution in [2.45, 2.75) is 33.1 Å². The maximum atomic E-state index is 10.4. The van der Waals surface area contributed by atoms with E-state index in [-0.39, 0.29) is 11.3 Å². The normalized spacial score (nSPS) is 12.2. The molecule has 0 rings (SSSR count). The van der Waals surface area contributed by atoms with Gasteiger partial charge in [0.05, 0.1) is 0 Å². The first-order valence-corrected chi connectivity index (χ1v) is 5.29. The van der Waals surface area contributed by atoms with Gasteiger partial charge in [-0.3, -0.25) is 4.79 Å². The number of allylic oxidation sites excluding steroid dienone is 1. The highest BCUT2D eigenvalue weighted by atomic mass is 127. The molecule has 0 aromatic carbocycles. The van der Waals surface area contributed by atoms with Gasteiger partial charge in [0.2, 0.25) is 5.91 Å². The van der Waals surface area contributed by atoms with Crippen LogP contribution in [0.3, 0.4) is 0 Å². The van der Waals surface area contributed by atoms with E-state index >= 15 is 0 Å². The number of halogens is 1. The lowest BCUT2D eigenvalue weighted by Crippen LogP contribution is -2.13. The topological polar surface area (TPSA) is 43.1 Å². The number of rotatable bonds is 5. The molecular weight excluding hydrogens is 265 g/mol. The minimum Gasteiger partial charge on any atom is -0.370 e. The lowest BCUT2D eigenvalue weighted by atomic mass is 9.87. The first-order valence-electron chi connectivity index (χ1n) is 4.04. The molecule has 0 aromatic heterocycles. The van der Waals surface area contributed by atoms with Crippen molar-refractivity contribution in [3.05, 3.63) is 10.2 Å². The fraction of sp³-hybridized carbons (Fsp3) is 0.667. The molecule has 0 heterocycles. The van der Waals surface area contributed by atoms with Crippen molar-refractivity contribution in [2.24, 2.45) is 11.1 Å². The number of hydrogen-bond donors (Lipinski definition) is 1. The fourth-order valence-corrected chi connectivity index (χ4v) is 1.95. The van der Waals surface area contributed by atoms with Crippen molar-refractivity contribution in [1.29, 1.82) is 0 Å². The fourth-order valence-electron chi connectivity index (χ4n) is 0.972. The van der Waals surface area contributed by atoms with Gasteiger partial charge in [-0.15, -0.1) is 0 Å². The zero-order valence-electron chi connectivity index (χ0n) is 7.64. The molecule has 0 unspecified atom stereocenters. The van der Waals surface area contributed by atoms with Crippen molar-refractivity contribution < 1.29 is 4.79 Å². The highest BCUT2D eigenvalue weighted by molar-refractivity contribution is 14.1. The summed E-state index contributed by atoms with van der Waals surface area (Å²) in [5.74, 6) is -0.204. The molecule has 0 aliphatic carbocycles. The van der Waals surface area contributed by atoms with E-state index in [2.05, 4.69) is 42.5 Å². The molecule has 1 amide bonds. The molecule has 0 aliphatic rings. The monoisotopic (exact) mass is 281 g/mol. The van der Waals surface area contributed by atoms with Gasteiger partial charge in [0.1, 0.15) is 0 Å². The highest BCUT2D eigenvalue weighted by Crippen LogP contribution is 2.25. The molecule has 0 radical (unpaired) electrons. The second kappa shape index (κ2) is 5.56. The van der Waals surface area contributed by atoms with Crippen LogP contribution in [-0.4, -0.2) is 5.91 Å². The summed E-state index contributed by atoms with van der Waals surface area (Å²) < 4.78 is 2.02. The number of hydrogen-bond acceptors (Lipinski definition) is 1. The second-order valence-electron chi connectivity index (χ2n) is 3.60. The van der Waals surface area contributed by atoms with E-state index in [4.69, 9.17) is 5.73 Å². The molecule has 2 N–H and O–H groups in total. The van der Waals surface area contributed by atoms with E-state index in [1.807, 2.05) is 4.08 Å². The van der Waals surface area contributed by atoms with Gasteiger partial charge in [0.25, 0.3) is 0 Å². The van der Waals surface area contributed by atoms with Crippen LogP contribution in [-0.2, 0) is 4.79 Å².